The fraction of sp³-hybridized carbons (Fsp3) is 0.818. The Hall–Kier alpha value is -1.06. The summed E-state index contributed by atoms with van der Waals surface area (Å²) in [5, 5.41) is 8.68. The van der Waals surface area contributed by atoms with Gasteiger partial charge in [-0.1, -0.05) is 20.8 Å². The molecule has 0 saturated heterocycles. The first kappa shape index (κ1) is 13.9. The van der Waals surface area contributed by atoms with E-state index in [-0.39, 0.29) is 11.3 Å². The average Bonchev–Trinajstić information content (AvgIpc) is 2.10. The number of aliphatic carboxylic acids is 1. The Bertz CT molecular complexity index is 243. The van der Waals surface area contributed by atoms with Gasteiger partial charge in [0, 0.05) is 13.6 Å². The van der Waals surface area contributed by atoms with Crippen molar-refractivity contribution >= 4 is 11.9 Å². The van der Waals surface area contributed by atoms with E-state index in [4.69, 9.17) is 5.11 Å². The Kier molecular flexibility index (Phi) is 4.78. The fourth-order valence-electron chi connectivity index (χ4n) is 1.05. The highest BCUT2D eigenvalue weighted by atomic mass is 16.4. The zero-order valence-electron chi connectivity index (χ0n) is 10.2. The second kappa shape index (κ2) is 5.14. The number of rotatable bonds is 4. The van der Waals surface area contributed by atoms with Gasteiger partial charge in [0.15, 0.2) is 0 Å². The molecule has 1 amide bonds. The highest BCUT2D eigenvalue weighted by Gasteiger charge is 2.24. The Morgan fingerprint density at radius 1 is 1.33 bits per heavy atom. The predicted molar refractivity (Wildman–Crippen MR) is 58.5 cm³/mol. The van der Waals surface area contributed by atoms with Crippen LogP contribution in [0.1, 0.15) is 34.1 Å². The van der Waals surface area contributed by atoms with Gasteiger partial charge >= 0.3 is 5.97 Å². The monoisotopic (exact) mass is 215 g/mol. The van der Waals surface area contributed by atoms with Crippen molar-refractivity contribution in [1.82, 2.24) is 4.90 Å². The molecule has 0 radical (unpaired) electrons. The van der Waals surface area contributed by atoms with Gasteiger partial charge in [-0.15, -0.1) is 0 Å². The molecule has 0 aliphatic rings. The molecule has 0 aliphatic heterocycles. The van der Waals surface area contributed by atoms with Gasteiger partial charge in [-0.3, -0.25) is 9.59 Å². The number of hydrogen-bond donors (Lipinski definition) is 1. The summed E-state index contributed by atoms with van der Waals surface area (Å²) in [6.45, 7) is 8.28. The van der Waals surface area contributed by atoms with Crippen molar-refractivity contribution in [3.8, 4) is 0 Å². The zero-order valence-corrected chi connectivity index (χ0v) is 10.2. The largest absolute Gasteiger partial charge is 0.481 e. The van der Waals surface area contributed by atoms with Crippen LogP contribution in [0.5, 0.6) is 0 Å². The summed E-state index contributed by atoms with van der Waals surface area (Å²) < 4.78 is 0. The third kappa shape index (κ3) is 5.40. The lowest BCUT2D eigenvalue weighted by molar-refractivity contribution is -0.149. The molecule has 0 aromatic carbocycles. The van der Waals surface area contributed by atoms with Crippen LogP contribution in [0.3, 0.4) is 0 Å². The third-order valence-corrected chi connectivity index (χ3v) is 2.31. The summed E-state index contributed by atoms with van der Waals surface area (Å²) >= 11 is 0. The quantitative estimate of drug-likeness (QED) is 0.725. The number of carboxylic acid groups (broad SMARTS) is 1. The molecule has 0 bridgehead atoms. The standard InChI is InChI=1S/C11H21NO3/c1-8(10(14)15)9(13)12(5)7-6-11(2,3)4/h8H,6-7H2,1-5H3,(H,14,15). The van der Waals surface area contributed by atoms with Crippen LogP contribution in [0.4, 0.5) is 0 Å². The van der Waals surface area contributed by atoms with E-state index in [1.807, 2.05) is 0 Å². The van der Waals surface area contributed by atoms with Gasteiger partial charge in [-0.05, 0) is 18.8 Å². The van der Waals surface area contributed by atoms with Crippen LogP contribution in [0.25, 0.3) is 0 Å². The molecule has 88 valence electrons. The average molecular weight is 215 g/mol. The lowest BCUT2D eigenvalue weighted by Gasteiger charge is -2.24. The number of nitrogens with zero attached hydrogens (tertiary/aromatic N) is 1. The van der Waals surface area contributed by atoms with E-state index in [0.29, 0.717) is 6.54 Å². The van der Waals surface area contributed by atoms with Crippen LogP contribution < -0.4 is 0 Å². The maximum Gasteiger partial charge on any atom is 0.315 e. The van der Waals surface area contributed by atoms with E-state index in [1.165, 1.54) is 11.8 Å². The van der Waals surface area contributed by atoms with Crippen molar-refractivity contribution in [3.63, 3.8) is 0 Å². The highest BCUT2D eigenvalue weighted by molar-refractivity contribution is 5.96. The molecule has 1 unspecified atom stereocenters. The van der Waals surface area contributed by atoms with E-state index in [0.717, 1.165) is 6.42 Å². The fourth-order valence-corrected chi connectivity index (χ4v) is 1.05. The topological polar surface area (TPSA) is 57.6 Å². The van der Waals surface area contributed by atoms with Gasteiger partial charge in [0.2, 0.25) is 5.91 Å². The van der Waals surface area contributed by atoms with Gasteiger partial charge in [0.1, 0.15) is 5.92 Å². The molecular weight excluding hydrogens is 194 g/mol. The van der Waals surface area contributed by atoms with Crippen LogP contribution in [0, 0.1) is 11.3 Å². The molecule has 4 heteroatoms. The van der Waals surface area contributed by atoms with Crippen molar-refractivity contribution in [1.29, 1.82) is 0 Å². The van der Waals surface area contributed by atoms with Gasteiger partial charge in [-0.2, -0.15) is 0 Å². The first-order valence-corrected chi connectivity index (χ1v) is 5.13. The number of hydrogen-bond acceptors (Lipinski definition) is 2. The summed E-state index contributed by atoms with van der Waals surface area (Å²) in [7, 11) is 1.65. The molecule has 1 N–H and O–H groups in total. The van der Waals surface area contributed by atoms with Crippen LogP contribution >= 0.6 is 0 Å². The van der Waals surface area contributed by atoms with Crippen molar-refractivity contribution < 1.29 is 14.7 Å². The second-order valence-corrected chi connectivity index (χ2v) is 5.13. The Balaban J connectivity index is 4.17. The maximum absolute atomic E-state index is 11.5. The van der Waals surface area contributed by atoms with Gasteiger partial charge < -0.3 is 10.0 Å². The Morgan fingerprint density at radius 2 is 1.80 bits per heavy atom. The summed E-state index contributed by atoms with van der Waals surface area (Å²) in [6, 6.07) is 0. The first-order chi connectivity index (χ1) is 6.65. The number of amides is 1. The van der Waals surface area contributed by atoms with E-state index in [9.17, 15) is 9.59 Å². The van der Waals surface area contributed by atoms with Crippen LogP contribution in [-0.2, 0) is 9.59 Å². The lowest BCUT2D eigenvalue weighted by atomic mass is 9.92. The van der Waals surface area contributed by atoms with E-state index in [1.54, 1.807) is 7.05 Å². The Labute approximate surface area is 91.3 Å². The van der Waals surface area contributed by atoms with Gasteiger partial charge in [-0.25, -0.2) is 0 Å². The molecule has 0 rings (SSSR count). The van der Waals surface area contributed by atoms with Crippen molar-refractivity contribution in [2.24, 2.45) is 11.3 Å². The van der Waals surface area contributed by atoms with Crippen LogP contribution in [0.15, 0.2) is 0 Å². The minimum absolute atomic E-state index is 0.154. The molecule has 0 aromatic rings. The predicted octanol–water partition coefficient (Wildman–Crippen LogP) is 1.60. The number of carbonyl (C=O) groups is 2. The second-order valence-electron chi connectivity index (χ2n) is 5.13. The van der Waals surface area contributed by atoms with Crippen molar-refractivity contribution in [2.45, 2.75) is 34.1 Å². The minimum Gasteiger partial charge on any atom is -0.481 e. The van der Waals surface area contributed by atoms with Gasteiger partial charge in [0.25, 0.3) is 0 Å². The maximum atomic E-state index is 11.5. The van der Waals surface area contributed by atoms with Crippen molar-refractivity contribution in [2.75, 3.05) is 13.6 Å². The highest BCUT2D eigenvalue weighted by Crippen LogP contribution is 2.18. The molecule has 0 fully saturated rings. The summed E-state index contributed by atoms with van der Waals surface area (Å²) in [4.78, 5) is 23.6. The summed E-state index contributed by atoms with van der Waals surface area (Å²) in [5.74, 6) is -2.34. The van der Waals surface area contributed by atoms with Crippen LogP contribution in [0.2, 0.25) is 0 Å². The molecule has 0 spiro atoms. The van der Waals surface area contributed by atoms with Crippen LogP contribution in [-0.4, -0.2) is 35.5 Å². The van der Waals surface area contributed by atoms with E-state index < -0.39 is 11.9 Å². The van der Waals surface area contributed by atoms with Gasteiger partial charge in [0.05, 0.1) is 0 Å². The number of carboxylic acids is 1. The summed E-state index contributed by atoms with van der Waals surface area (Å²) in [6.07, 6.45) is 0.863. The smallest absolute Gasteiger partial charge is 0.315 e. The molecule has 0 aliphatic carbocycles. The SMILES string of the molecule is CC(C(=O)O)C(=O)N(C)CCC(C)(C)C. The third-order valence-electron chi connectivity index (χ3n) is 2.31. The molecule has 0 aromatic heterocycles. The molecule has 1 atom stereocenters. The number of carbonyl (C=O) groups excluding carboxylic acids is 1. The first-order valence-electron chi connectivity index (χ1n) is 5.13. The van der Waals surface area contributed by atoms with E-state index >= 15 is 0 Å². The normalized spacial score (nSPS) is 13.4. The van der Waals surface area contributed by atoms with E-state index in [2.05, 4.69) is 20.8 Å². The Morgan fingerprint density at radius 3 is 2.13 bits per heavy atom. The molecule has 0 heterocycles. The van der Waals surface area contributed by atoms with Crippen molar-refractivity contribution in [3.05, 3.63) is 0 Å². The molecule has 0 saturated carbocycles. The molecular formula is C11H21NO3. The summed E-state index contributed by atoms with van der Waals surface area (Å²) in [5.41, 5.74) is 0.154. The zero-order chi connectivity index (χ0) is 12.2. The lowest BCUT2D eigenvalue weighted by Crippen LogP contribution is -2.37. The molecule has 4 nitrogen and oxygen atoms in total. The minimum atomic E-state index is -1.07. The molecule has 15 heavy (non-hydrogen) atoms.